The highest BCUT2D eigenvalue weighted by molar-refractivity contribution is 6.30. The Morgan fingerprint density at radius 3 is 2.19 bits per heavy atom. The van der Waals surface area contributed by atoms with Crippen molar-refractivity contribution in [3.8, 4) is 11.5 Å². The topological polar surface area (TPSA) is 89.0 Å². The average molecular weight is 452 g/mol. The van der Waals surface area contributed by atoms with E-state index in [1.807, 2.05) is 6.07 Å². The van der Waals surface area contributed by atoms with E-state index in [-0.39, 0.29) is 5.91 Å². The summed E-state index contributed by atoms with van der Waals surface area (Å²) >= 11 is 5.87. The van der Waals surface area contributed by atoms with Gasteiger partial charge in [0.25, 0.3) is 11.8 Å². The van der Waals surface area contributed by atoms with E-state index in [0.717, 1.165) is 5.56 Å². The lowest BCUT2D eigenvalue weighted by molar-refractivity contribution is 0.0953. The Kier molecular flexibility index (Phi) is 7.46. The van der Waals surface area contributed by atoms with Gasteiger partial charge in [0.05, 0.1) is 19.9 Å². The van der Waals surface area contributed by atoms with E-state index in [1.54, 1.807) is 67.6 Å². The van der Waals surface area contributed by atoms with E-state index in [2.05, 4.69) is 15.8 Å². The molecular weight excluding hydrogens is 430 g/mol. The molecule has 0 aliphatic rings. The Hall–Kier alpha value is -3.84. The van der Waals surface area contributed by atoms with Crippen molar-refractivity contribution in [2.24, 2.45) is 5.10 Å². The van der Waals surface area contributed by atoms with E-state index in [0.29, 0.717) is 39.0 Å². The lowest BCUT2D eigenvalue weighted by Gasteiger charge is -2.09. The molecule has 3 rings (SSSR count). The zero-order chi connectivity index (χ0) is 23.1. The van der Waals surface area contributed by atoms with Crippen LogP contribution in [0.3, 0.4) is 0 Å². The van der Waals surface area contributed by atoms with Gasteiger partial charge in [-0.05, 0) is 67.1 Å². The van der Waals surface area contributed by atoms with Gasteiger partial charge < -0.3 is 14.8 Å². The molecule has 32 heavy (non-hydrogen) atoms. The third-order valence-corrected chi connectivity index (χ3v) is 4.87. The number of rotatable bonds is 7. The van der Waals surface area contributed by atoms with Gasteiger partial charge in [0.2, 0.25) is 0 Å². The molecule has 0 spiro atoms. The molecular formula is C24H22ClN3O4. The summed E-state index contributed by atoms with van der Waals surface area (Å²) in [6, 6.07) is 18.6. The van der Waals surface area contributed by atoms with Gasteiger partial charge in [-0.15, -0.1) is 0 Å². The summed E-state index contributed by atoms with van der Waals surface area (Å²) in [7, 11) is 3.03. The third-order valence-electron chi connectivity index (χ3n) is 4.62. The second-order valence-corrected chi connectivity index (χ2v) is 7.19. The highest BCUT2D eigenvalue weighted by Crippen LogP contribution is 2.27. The molecule has 0 aromatic heterocycles. The second kappa shape index (κ2) is 10.5. The summed E-state index contributed by atoms with van der Waals surface area (Å²) in [6.45, 7) is 1.76. The van der Waals surface area contributed by atoms with Crippen LogP contribution < -0.4 is 20.2 Å². The predicted molar refractivity (Wildman–Crippen MR) is 125 cm³/mol. The summed E-state index contributed by atoms with van der Waals surface area (Å²) < 4.78 is 10.4. The molecule has 0 fully saturated rings. The number of carbonyl (C=O) groups is 2. The van der Waals surface area contributed by atoms with Crippen LogP contribution in [0.1, 0.15) is 33.2 Å². The van der Waals surface area contributed by atoms with Crippen molar-refractivity contribution in [1.82, 2.24) is 5.43 Å². The summed E-state index contributed by atoms with van der Waals surface area (Å²) in [5, 5.41) is 7.57. The van der Waals surface area contributed by atoms with Gasteiger partial charge in [0.1, 0.15) is 0 Å². The standard InChI is InChI=1S/C24H22ClN3O4/c1-15(27-28-24(30)18-9-12-21(31-2)22(14-18)32-3)17-5-4-6-20(13-17)26-23(29)16-7-10-19(25)11-8-16/h4-14H,1-3H3,(H,26,29)(H,28,30). The van der Waals surface area contributed by atoms with Crippen LogP contribution in [0.25, 0.3) is 0 Å². The van der Waals surface area contributed by atoms with Crippen LogP contribution in [0.15, 0.2) is 71.8 Å². The van der Waals surface area contributed by atoms with Crippen LogP contribution >= 0.6 is 11.6 Å². The number of methoxy groups -OCH3 is 2. The average Bonchev–Trinajstić information content (AvgIpc) is 2.82. The Balaban J connectivity index is 1.69. The first-order valence-electron chi connectivity index (χ1n) is 9.65. The normalized spacial score (nSPS) is 10.9. The van der Waals surface area contributed by atoms with E-state index in [1.165, 1.54) is 14.2 Å². The molecule has 3 aromatic carbocycles. The number of nitrogens with one attached hydrogen (secondary N) is 2. The van der Waals surface area contributed by atoms with Gasteiger partial charge >= 0.3 is 0 Å². The molecule has 3 aromatic rings. The number of carbonyl (C=O) groups excluding carboxylic acids is 2. The lowest BCUT2D eigenvalue weighted by atomic mass is 10.1. The van der Waals surface area contributed by atoms with Crippen molar-refractivity contribution in [3.05, 3.63) is 88.4 Å². The Morgan fingerprint density at radius 2 is 1.50 bits per heavy atom. The summed E-state index contributed by atoms with van der Waals surface area (Å²) in [6.07, 6.45) is 0. The van der Waals surface area contributed by atoms with Gasteiger partial charge in [0, 0.05) is 21.8 Å². The molecule has 0 saturated heterocycles. The van der Waals surface area contributed by atoms with Gasteiger partial charge in [-0.3, -0.25) is 9.59 Å². The summed E-state index contributed by atoms with van der Waals surface area (Å²) in [5.74, 6) is 0.332. The number of hydrogen-bond acceptors (Lipinski definition) is 5. The van der Waals surface area contributed by atoms with Crippen LogP contribution in [0.4, 0.5) is 5.69 Å². The molecule has 0 unspecified atom stereocenters. The maximum atomic E-state index is 12.5. The van der Waals surface area contributed by atoms with Crippen LogP contribution in [0.5, 0.6) is 11.5 Å². The lowest BCUT2D eigenvalue weighted by Crippen LogP contribution is -2.19. The monoisotopic (exact) mass is 451 g/mol. The highest BCUT2D eigenvalue weighted by atomic mass is 35.5. The Morgan fingerprint density at radius 1 is 0.812 bits per heavy atom. The van der Waals surface area contributed by atoms with Crippen molar-refractivity contribution < 1.29 is 19.1 Å². The number of anilines is 1. The highest BCUT2D eigenvalue weighted by Gasteiger charge is 2.11. The smallest absolute Gasteiger partial charge is 0.271 e. The number of ether oxygens (including phenoxy) is 2. The molecule has 7 nitrogen and oxygen atoms in total. The van der Waals surface area contributed by atoms with E-state index < -0.39 is 5.91 Å². The largest absolute Gasteiger partial charge is 0.493 e. The molecule has 164 valence electrons. The molecule has 0 bridgehead atoms. The zero-order valence-electron chi connectivity index (χ0n) is 17.8. The molecule has 0 saturated carbocycles. The molecule has 0 atom stereocenters. The molecule has 0 aliphatic carbocycles. The summed E-state index contributed by atoms with van der Waals surface area (Å²) in [4.78, 5) is 24.9. The summed E-state index contributed by atoms with van der Waals surface area (Å²) in [5.41, 5.74) is 5.31. The van der Waals surface area contributed by atoms with Crippen molar-refractivity contribution >= 4 is 34.8 Å². The van der Waals surface area contributed by atoms with Crippen molar-refractivity contribution in [1.29, 1.82) is 0 Å². The molecule has 0 aliphatic heterocycles. The Bertz CT molecular complexity index is 1160. The first-order valence-corrected chi connectivity index (χ1v) is 10.0. The fourth-order valence-corrected chi connectivity index (χ4v) is 2.99. The van der Waals surface area contributed by atoms with Gasteiger partial charge in [0.15, 0.2) is 11.5 Å². The first-order chi connectivity index (χ1) is 15.4. The van der Waals surface area contributed by atoms with Crippen molar-refractivity contribution in [2.75, 3.05) is 19.5 Å². The third kappa shape index (κ3) is 5.65. The molecule has 0 heterocycles. The van der Waals surface area contributed by atoms with Gasteiger partial charge in [-0.25, -0.2) is 5.43 Å². The number of amides is 2. The van der Waals surface area contributed by atoms with Gasteiger partial charge in [-0.2, -0.15) is 5.10 Å². The van der Waals surface area contributed by atoms with E-state index in [9.17, 15) is 9.59 Å². The predicted octanol–water partition coefficient (Wildman–Crippen LogP) is 4.76. The zero-order valence-corrected chi connectivity index (χ0v) is 18.6. The molecule has 2 N–H and O–H groups in total. The number of benzene rings is 3. The van der Waals surface area contributed by atoms with E-state index in [4.69, 9.17) is 21.1 Å². The van der Waals surface area contributed by atoms with Crippen molar-refractivity contribution in [3.63, 3.8) is 0 Å². The maximum Gasteiger partial charge on any atom is 0.271 e. The van der Waals surface area contributed by atoms with Gasteiger partial charge in [-0.1, -0.05) is 23.7 Å². The number of hydrazone groups is 1. The number of halogens is 1. The van der Waals surface area contributed by atoms with Crippen LogP contribution in [0, 0.1) is 0 Å². The minimum absolute atomic E-state index is 0.254. The second-order valence-electron chi connectivity index (χ2n) is 6.75. The fraction of sp³-hybridized carbons (Fsp3) is 0.125. The van der Waals surface area contributed by atoms with Crippen LogP contribution in [-0.2, 0) is 0 Å². The molecule has 0 radical (unpaired) electrons. The quantitative estimate of drug-likeness (QED) is 0.400. The maximum absolute atomic E-state index is 12.5. The SMILES string of the molecule is COc1ccc(C(=O)NN=C(C)c2cccc(NC(=O)c3ccc(Cl)cc3)c2)cc1OC. The minimum Gasteiger partial charge on any atom is -0.493 e. The fourth-order valence-electron chi connectivity index (χ4n) is 2.87. The molecule has 8 heteroatoms. The number of hydrogen-bond donors (Lipinski definition) is 2. The van der Waals surface area contributed by atoms with Crippen LogP contribution in [0.2, 0.25) is 5.02 Å². The minimum atomic E-state index is -0.391. The molecule has 2 amide bonds. The first kappa shape index (κ1) is 22.8. The number of nitrogens with zero attached hydrogens (tertiary/aromatic N) is 1. The Labute approximate surface area is 191 Å². The van der Waals surface area contributed by atoms with Crippen LogP contribution in [-0.4, -0.2) is 31.7 Å². The van der Waals surface area contributed by atoms with Crippen molar-refractivity contribution in [2.45, 2.75) is 6.92 Å². The van der Waals surface area contributed by atoms with E-state index >= 15 is 0 Å².